The number of thiazole rings is 1. The van der Waals surface area contributed by atoms with Crippen LogP contribution < -0.4 is 5.32 Å². The normalized spacial score (nSPS) is 19.9. The molecule has 1 aromatic rings. The Morgan fingerprint density at radius 3 is 2.47 bits per heavy atom. The van der Waals surface area contributed by atoms with E-state index in [1.807, 2.05) is 11.3 Å². The van der Waals surface area contributed by atoms with Crippen LogP contribution in [0.25, 0.3) is 0 Å². The molecule has 1 aliphatic carbocycles. The third kappa shape index (κ3) is 4.03. The van der Waals surface area contributed by atoms with Crippen molar-refractivity contribution in [2.24, 2.45) is 0 Å². The monoisotopic (exact) mass is 280 g/mol. The van der Waals surface area contributed by atoms with Gasteiger partial charge in [-0.05, 0) is 33.2 Å². The van der Waals surface area contributed by atoms with Crippen molar-refractivity contribution in [1.82, 2.24) is 10.3 Å². The summed E-state index contributed by atoms with van der Waals surface area (Å²) in [6.07, 6.45) is 9.75. The zero-order chi connectivity index (χ0) is 13.7. The van der Waals surface area contributed by atoms with E-state index in [9.17, 15) is 0 Å². The Hall–Kier alpha value is -0.410. The zero-order valence-corrected chi connectivity index (χ0v) is 13.5. The van der Waals surface area contributed by atoms with Gasteiger partial charge in [0.05, 0.1) is 10.7 Å². The van der Waals surface area contributed by atoms with Crippen LogP contribution >= 0.6 is 11.3 Å². The second kappa shape index (κ2) is 7.39. The minimum absolute atomic E-state index is 0.449. The highest BCUT2D eigenvalue weighted by Crippen LogP contribution is 2.36. The standard InChI is InChI=1S/C16H28N2S/c1-4-17-12(2)15-13(3)18-16(19-15)14-10-8-6-5-7-9-11-14/h12,14,17H,4-11H2,1-3H3. The Morgan fingerprint density at radius 1 is 1.21 bits per heavy atom. The second-order valence-corrected chi connectivity index (χ2v) is 6.89. The van der Waals surface area contributed by atoms with Crippen molar-refractivity contribution in [3.63, 3.8) is 0 Å². The third-order valence-corrected chi connectivity index (χ3v) is 5.71. The fourth-order valence-corrected chi connectivity index (χ4v) is 4.37. The lowest BCUT2D eigenvalue weighted by molar-refractivity contribution is 0.454. The van der Waals surface area contributed by atoms with Gasteiger partial charge in [0, 0.05) is 16.8 Å². The van der Waals surface area contributed by atoms with Crippen LogP contribution in [0.1, 0.15) is 86.3 Å². The number of aryl methyl sites for hydroxylation is 1. The molecule has 0 saturated heterocycles. The van der Waals surface area contributed by atoms with E-state index >= 15 is 0 Å². The summed E-state index contributed by atoms with van der Waals surface area (Å²) in [5.41, 5.74) is 1.25. The molecule has 0 amide bonds. The van der Waals surface area contributed by atoms with Gasteiger partial charge in [0.25, 0.3) is 0 Å². The summed E-state index contributed by atoms with van der Waals surface area (Å²) in [5.74, 6) is 0.728. The van der Waals surface area contributed by atoms with Crippen LogP contribution in [0.15, 0.2) is 0 Å². The summed E-state index contributed by atoms with van der Waals surface area (Å²) >= 11 is 1.96. The van der Waals surface area contributed by atoms with Crippen LogP contribution in [-0.4, -0.2) is 11.5 Å². The molecule has 1 heterocycles. The number of rotatable bonds is 4. The highest BCUT2D eigenvalue weighted by Gasteiger charge is 2.20. The van der Waals surface area contributed by atoms with Crippen molar-refractivity contribution < 1.29 is 0 Å². The van der Waals surface area contributed by atoms with E-state index in [0.29, 0.717) is 6.04 Å². The van der Waals surface area contributed by atoms with Crippen molar-refractivity contribution in [2.45, 2.75) is 77.7 Å². The second-order valence-electron chi connectivity index (χ2n) is 5.82. The van der Waals surface area contributed by atoms with Crippen LogP contribution in [0.5, 0.6) is 0 Å². The van der Waals surface area contributed by atoms with Gasteiger partial charge < -0.3 is 5.32 Å². The lowest BCUT2D eigenvalue weighted by Gasteiger charge is -2.17. The first-order valence-corrected chi connectivity index (χ1v) is 8.74. The average Bonchev–Trinajstić information content (AvgIpc) is 2.71. The van der Waals surface area contributed by atoms with Crippen molar-refractivity contribution in [3.8, 4) is 0 Å². The highest BCUT2D eigenvalue weighted by atomic mass is 32.1. The van der Waals surface area contributed by atoms with Gasteiger partial charge in [-0.1, -0.05) is 39.0 Å². The van der Waals surface area contributed by atoms with E-state index in [1.165, 1.54) is 60.5 Å². The zero-order valence-electron chi connectivity index (χ0n) is 12.7. The van der Waals surface area contributed by atoms with Crippen LogP contribution in [0.3, 0.4) is 0 Å². The lowest BCUT2D eigenvalue weighted by atomic mass is 9.92. The Morgan fingerprint density at radius 2 is 1.84 bits per heavy atom. The van der Waals surface area contributed by atoms with Gasteiger partial charge in [0.1, 0.15) is 0 Å². The molecule has 1 N–H and O–H groups in total. The molecule has 0 spiro atoms. The Balaban J connectivity index is 2.08. The summed E-state index contributed by atoms with van der Waals surface area (Å²) < 4.78 is 0. The minimum Gasteiger partial charge on any atom is -0.310 e. The number of nitrogens with one attached hydrogen (secondary N) is 1. The van der Waals surface area contributed by atoms with E-state index < -0.39 is 0 Å². The number of nitrogens with zero attached hydrogens (tertiary/aromatic N) is 1. The first-order valence-electron chi connectivity index (χ1n) is 7.93. The SMILES string of the molecule is CCNC(C)c1sc(C2CCCCCCC2)nc1C. The first kappa shape index (κ1) is 15.0. The molecule has 1 saturated carbocycles. The Labute approximate surface area is 122 Å². The predicted octanol–water partition coefficient (Wildman–Crippen LogP) is 4.95. The van der Waals surface area contributed by atoms with Gasteiger partial charge >= 0.3 is 0 Å². The van der Waals surface area contributed by atoms with Gasteiger partial charge in [-0.15, -0.1) is 11.3 Å². The smallest absolute Gasteiger partial charge is 0.0962 e. The van der Waals surface area contributed by atoms with Crippen molar-refractivity contribution in [1.29, 1.82) is 0 Å². The molecule has 1 unspecified atom stereocenters. The highest BCUT2D eigenvalue weighted by molar-refractivity contribution is 7.11. The van der Waals surface area contributed by atoms with E-state index in [4.69, 9.17) is 4.98 Å². The maximum absolute atomic E-state index is 4.89. The maximum Gasteiger partial charge on any atom is 0.0962 e. The average molecular weight is 280 g/mol. The predicted molar refractivity (Wildman–Crippen MR) is 84.0 cm³/mol. The summed E-state index contributed by atoms with van der Waals surface area (Å²) in [7, 11) is 0. The maximum atomic E-state index is 4.89. The molecule has 2 nitrogen and oxygen atoms in total. The van der Waals surface area contributed by atoms with Crippen LogP contribution in [0, 0.1) is 6.92 Å². The van der Waals surface area contributed by atoms with Crippen LogP contribution in [-0.2, 0) is 0 Å². The molecule has 0 radical (unpaired) electrons. The van der Waals surface area contributed by atoms with E-state index in [0.717, 1.165) is 12.5 Å². The Bertz CT molecular complexity index is 378. The van der Waals surface area contributed by atoms with Crippen molar-refractivity contribution in [3.05, 3.63) is 15.6 Å². The van der Waals surface area contributed by atoms with E-state index in [1.54, 1.807) is 0 Å². The topological polar surface area (TPSA) is 24.9 Å². The molecular weight excluding hydrogens is 252 g/mol. The number of hydrogen-bond donors (Lipinski definition) is 1. The van der Waals surface area contributed by atoms with Gasteiger partial charge in [0.15, 0.2) is 0 Å². The molecule has 0 aliphatic heterocycles. The first-order chi connectivity index (χ1) is 9.22. The fraction of sp³-hybridized carbons (Fsp3) is 0.812. The molecule has 1 aromatic heterocycles. The van der Waals surface area contributed by atoms with Gasteiger partial charge in [-0.2, -0.15) is 0 Å². The lowest BCUT2D eigenvalue weighted by Crippen LogP contribution is -2.17. The van der Waals surface area contributed by atoms with Gasteiger partial charge in [-0.3, -0.25) is 0 Å². The molecule has 2 rings (SSSR count). The molecule has 0 bridgehead atoms. The Kier molecular flexibility index (Phi) is 5.83. The third-order valence-electron chi connectivity index (χ3n) is 4.21. The minimum atomic E-state index is 0.449. The number of aromatic nitrogens is 1. The molecule has 1 aliphatic rings. The molecule has 0 aromatic carbocycles. The van der Waals surface area contributed by atoms with Crippen molar-refractivity contribution >= 4 is 11.3 Å². The summed E-state index contributed by atoms with van der Waals surface area (Å²) in [6, 6.07) is 0.449. The molecule has 19 heavy (non-hydrogen) atoms. The van der Waals surface area contributed by atoms with Crippen molar-refractivity contribution in [2.75, 3.05) is 6.54 Å². The molecular formula is C16H28N2S. The molecule has 108 valence electrons. The van der Waals surface area contributed by atoms with E-state index in [2.05, 4.69) is 26.1 Å². The molecule has 3 heteroatoms. The van der Waals surface area contributed by atoms with Crippen LogP contribution in [0.2, 0.25) is 0 Å². The molecule has 1 atom stereocenters. The van der Waals surface area contributed by atoms with Crippen LogP contribution in [0.4, 0.5) is 0 Å². The summed E-state index contributed by atoms with van der Waals surface area (Å²) in [6.45, 7) is 7.62. The van der Waals surface area contributed by atoms with Gasteiger partial charge in [-0.25, -0.2) is 4.98 Å². The largest absolute Gasteiger partial charge is 0.310 e. The fourth-order valence-electron chi connectivity index (χ4n) is 3.11. The quantitative estimate of drug-likeness (QED) is 0.844. The summed E-state index contributed by atoms with van der Waals surface area (Å²) in [5, 5.41) is 4.91. The number of hydrogen-bond acceptors (Lipinski definition) is 3. The van der Waals surface area contributed by atoms with Gasteiger partial charge in [0.2, 0.25) is 0 Å². The summed E-state index contributed by atoms with van der Waals surface area (Å²) in [4.78, 5) is 6.33. The molecule has 1 fully saturated rings. The van der Waals surface area contributed by atoms with E-state index in [-0.39, 0.29) is 0 Å².